The van der Waals surface area contributed by atoms with Gasteiger partial charge in [0.15, 0.2) is 0 Å². The Bertz CT molecular complexity index is 991. The zero-order valence-corrected chi connectivity index (χ0v) is 15.5. The molecule has 0 aromatic heterocycles. The van der Waals surface area contributed by atoms with E-state index in [0.717, 1.165) is 16.9 Å². The number of benzene rings is 3. The zero-order chi connectivity index (χ0) is 19.8. The Labute approximate surface area is 164 Å². The number of nitriles is 1. The smallest absolute Gasteiger partial charge is 0.252 e. The third-order valence-corrected chi connectivity index (χ3v) is 4.23. The van der Waals surface area contributed by atoms with Crippen molar-refractivity contribution in [2.45, 2.75) is 0 Å². The average Bonchev–Trinajstić information content (AvgIpc) is 2.77. The standard InChI is InChI=1S/C23H20N2O3/c1-27-18-10-12-19(13-11-18)28-15-14-25-23(26)22-9-5-4-8-21(22)20-7-3-2-6-17(20)16-24/h2-13H,14-15H2,1H3,(H,25,26). The highest BCUT2D eigenvalue weighted by Gasteiger charge is 2.14. The largest absolute Gasteiger partial charge is 0.497 e. The van der Waals surface area contributed by atoms with E-state index < -0.39 is 0 Å². The molecule has 3 aromatic carbocycles. The molecule has 0 aliphatic carbocycles. The molecular formula is C23H20N2O3. The van der Waals surface area contributed by atoms with Gasteiger partial charge in [-0.25, -0.2) is 0 Å². The van der Waals surface area contributed by atoms with Gasteiger partial charge >= 0.3 is 0 Å². The first-order chi connectivity index (χ1) is 13.7. The summed E-state index contributed by atoms with van der Waals surface area (Å²) in [4.78, 5) is 12.7. The fourth-order valence-electron chi connectivity index (χ4n) is 2.83. The van der Waals surface area contributed by atoms with Crippen LogP contribution in [0, 0.1) is 11.3 Å². The number of nitrogens with one attached hydrogen (secondary N) is 1. The highest BCUT2D eigenvalue weighted by Crippen LogP contribution is 2.26. The molecule has 140 valence electrons. The zero-order valence-electron chi connectivity index (χ0n) is 15.5. The van der Waals surface area contributed by atoms with Gasteiger partial charge in [0.1, 0.15) is 18.1 Å². The Morgan fingerprint density at radius 2 is 1.57 bits per heavy atom. The molecule has 1 N–H and O–H groups in total. The van der Waals surface area contributed by atoms with E-state index >= 15 is 0 Å². The summed E-state index contributed by atoms with van der Waals surface area (Å²) >= 11 is 0. The lowest BCUT2D eigenvalue weighted by Gasteiger charge is -2.12. The van der Waals surface area contributed by atoms with Crippen molar-refractivity contribution in [2.75, 3.05) is 20.3 Å². The van der Waals surface area contributed by atoms with Gasteiger partial charge in [0.25, 0.3) is 5.91 Å². The van der Waals surface area contributed by atoms with Gasteiger partial charge in [0, 0.05) is 11.1 Å². The fraction of sp³-hybridized carbons (Fsp3) is 0.130. The summed E-state index contributed by atoms with van der Waals surface area (Å²) in [6.07, 6.45) is 0. The van der Waals surface area contributed by atoms with Gasteiger partial charge in [-0.05, 0) is 42.0 Å². The van der Waals surface area contributed by atoms with E-state index in [1.807, 2.05) is 48.5 Å². The molecule has 0 saturated carbocycles. The minimum absolute atomic E-state index is 0.207. The molecule has 0 bridgehead atoms. The van der Waals surface area contributed by atoms with E-state index in [1.54, 1.807) is 31.4 Å². The minimum Gasteiger partial charge on any atom is -0.497 e. The molecule has 3 aromatic rings. The summed E-state index contributed by atoms with van der Waals surface area (Å²) in [7, 11) is 1.61. The lowest BCUT2D eigenvalue weighted by Crippen LogP contribution is -2.28. The Hall–Kier alpha value is -3.78. The molecule has 28 heavy (non-hydrogen) atoms. The van der Waals surface area contributed by atoms with E-state index in [9.17, 15) is 10.1 Å². The number of amides is 1. The van der Waals surface area contributed by atoms with Gasteiger partial charge in [-0.15, -0.1) is 0 Å². The molecule has 0 saturated heterocycles. The van der Waals surface area contributed by atoms with Gasteiger partial charge in [0.2, 0.25) is 0 Å². The maximum atomic E-state index is 12.7. The Morgan fingerprint density at radius 1 is 0.929 bits per heavy atom. The van der Waals surface area contributed by atoms with Crippen molar-refractivity contribution in [3.63, 3.8) is 0 Å². The van der Waals surface area contributed by atoms with Crippen LogP contribution >= 0.6 is 0 Å². The predicted molar refractivity (Wildman–Crippen MR) is 107 cm³/mol. The molecule has 0 unspecified atom stereocenters. The van der Waals surface area contributed by atoms with E-state index in [4.69, 9.17) is 9.47 Å². The first-order valence-electron chi connectivity index (χ1n) is 8.86. The average molecular weight is 372 g/mol. The van der Waals surface area contributed by atoms with Crippen LogP contribution in [-0.2, 0) is 0 Å². The van der Waals surface area contributed by atoms with E-state index in [2.05, 4.69) is 11.4 Å². The van der Waals surface area contributed by atoms with Crippen LogP contribution in [0.25, 0.3) is 11.1 Å². The monoisotopic (exact) mass is 372 g/mol. The van der Waals surface area contributed by atoms with Gasteiger partial charge in [-0.1, -0.05) is 36.4 Å². The second kappa shape index (κ2) is 9.24. The first kappa shape index (κ1) is 19.0. The Morgan fingerprint density at radius 3 is 2.29 bits per heavy atom. The summed E-state index contributed by atoms with van der Waals surface area (Å²) in [5.74, 6) is 1.26. The number of ether oxygens (including phenoxy) is 2. The van der Waals surface area contributed by atoms with Crippen LogP contribution < -0.4 is 14.8 Å². The minimum atomic E-state index is -0.207. The molecule has 5 nitrogen and oxygen atoms in total. The molecule has 0 fully saturated rings. The van der Waals surface area contributed by atoms with Crippen molar-refractivity contribution in [1.29, 1.82) is 5.26 Å². The van der Waals surface area contributed by atoms with Crippen molar-refractivity contribution in [3.8, 4) is 28.7 Å². The number of carbonyl (C=O) groups is 1. The number of nitrogens with zero attached hydrogens (tertiary/aromatic N) is 1. The van der Waals surface area contributed by atoms with E-state index in [-0.39, 0.29) is 5.91 Å². The third-order valence-electron chi connectivity index (χ3n) is 4.23. The highest BCUT2D eigenvalue weighted by molar-refractivity contribution is 6.01. The van der Waals surface area contributed by atoms with Crippen LogP contribution in [0.4, 0.5) is 0 Å². The lowest BCUT2D eigenvalue weighted by atomic mass is 9.95. The highest BCUT2D eigenvalue weighted by atomic mass is 16.5. The molecule has 1 amide bonds. The predicted octanol–water partition coefficient (Wildman–Crippen LogP) is 4.04. The summed E-state index contributed by atoms with van der Waals surface area (Å²) in [6.45, 7) is 0.702. The molecule has 5 heteroatoms. The van der Waals surface area contributed by atoms with E-state index in [1.165, 1.54) is 0 Å². The summed E-state index contributed by atoms with van der Waals surface area (Å²) < 4.78 is 10.7. The van der Waals surface area contributed by atoms with Crippen molar-refractivity contribution in [2.24, 2.45) is 0 Å². The fourth-order valence-corrected chi connectivity index (χ4v) is 2.83. The van der Waals surface area contributed by atoms with Crippen LogP contribution in [-0.4, -0.2) is 26.2 Å². The van der Waals surface area contributed by atoms with Crippen molar-refractivity contribution in [3.05, 3.63) is 83.9 Å². The Kier molecular flexibility index (Phi) is 6.27. The second-order valence-corrected chi connectivity index (χ2v) is 5.98. The van der Waals surface area contributed by atoms with Gasteiger partial charge in [0.05, 0.1) is 25.3 Å². The molecular weight excluding hydrogens is 352 g/mol. The SMILES string of the molecule is COc1ccc(OCCNC(=O)c2ccccc2-c2ccccc2C#N)cc1. The summed E-state index contributed by atoms with van der Waals surface area (Å²) in [6, 6.07) is 23.9. The van der Waals surface area contributed by atoms with Crippen LogP contribution in [0.2, 0.25) is 0 Å². The number of hydrogen-bond donors (Lipinski definition) is 1. The van der Waals surface area contributed by atoms with Crippen molar-refractivity contribution >= 4 is 5.91 Å². The summed E-state index contributed by atoms with van der Waals surface area (Å²) in [5.41, 5.74) is 2.53. The quantitative estimate of drug-likeness (QED) is 0.635. The molecule has 0 atom stereocenters. The molecule has 0 heterocycles. The normalized spacial score (nSPS) is 10.0. The van der Waals surface area contributed by atoms with Crippen LogP contribution in [0.3, 0.4) is 0 Å². The van der Waals surface area contributed by atoms with Crippen LogP contribution in [0.5, 0.6) is 11.5 Å². The molecule has 0 spiro atoms. The molecule has 0 aliphatic heterocycles. The van der Waals surface area contributed by atoms with Crippen LogP contribution in [0.15, 0.2) is 72.8 Å². The van der Waals surface area contributed by atoms with Gasteiger partial charge in [-0.2, -0.15) is 5.26 Å². The maximum Gasteiger partial charge on any atom is 0.252 e. The van der Waals surface area contributed by atoms with Crippen molar-refractivity contribution < 1.29 is 14.3 Å². The number of rotatable bonds is 7. The Balaban J connectivity index is 1.64. The molecule has 0 aliphatic rings. The number of hydrogen-bond acceptors (Lipinski definition) is 4. The molecule has 0 radical (unpaired) electrons. The van der Waals surface area contributed by atoms with Gasteiger partial charge in [-0.3, -0.25) is 4.79 Å². The third kappa shape index (κ3) is 4.49. The maximum absolute atomic E-state index is 12.7. The van der Waals surface area contributed by atoms with Gasteiger partial charge < -0.3 is 14.8 Å². The van der Waals surface area contributed by atoms with E-state index in [0.29, 0.717) is 30.0 Å². The number of carbonyl (C=O) groups excluding carboxylic acids is 1. The van der Waals surface area contributed by atoms with Crippen LogP contribution in [0.1, 0.15) is 15.9 Å². The topological polar surface area (TPSA) is 71.3 Å². The van der Waals surface area contributed by atoms with Crippen molar-refractivity contribution in [1.82, 2.24) is 5.32 Å². The molecule has 3 rings (SSSR count). The lowest BCUT2D eigenvalue weighted by molar-refractivity contribution is 0.0947. The first-order valence-corrected chi connectivity index (χ1v) is 8.86. The second-order valence-electron chi connectivity index (χ2n) is 5.98. The summed E-state index contributed by atoms with van der Waals surface area (Å²) in [5, 5.41) is 12.2. The number of methoxy groups -OCH3 is 1.